The van der Waals surface area contributed by atoms with E-state index in [4.69, 9.17) is 0 Å². The molecule has 1 saturated heterocycles. The third kappa shape index (κ3) is 3.01. The Kier molecular flexibility index (Phi) is 4.31. The summed E-state index contributed by atoms with van der Waals surface area (Å²) >= 11 is 0. The molecular weight excluding hydrogens is 246 g/mol. The lowest BCUT2D eigenvalue weighted by molar-refractivity contribution is -0.384. The second kappa shape index (κ2) is 5.97. The first-order valence-corrected chi connectivity index (χ1v) is 6.63. The van der Waals surface area contributed by atoms with E-state index < -0.39 is 4.92 Å². The molecule has 1 aliphatic heterocycles. The number of hydrogen-bond acceptors (Lipinski definition) is 5. The average Bonchev–Trinajstić information content (AvgIpc) is 2.63. The molecule has 6 heteroatoms. The second-order valence-corrected chi connectivity index (χ2v) is 4.93. The fourth-order valence-corrected chi connectivity index (χ4v) is 2.54. The number of rotatable bonds is 3. The Morgan fingerprint density at radius 3 is 2.95 bits per heavy atom. The van der Waals surface area contributed by atoms with Crippen LogP contribution in [-0.4, -0.2) is 34.2 Å². The van der Waals surface area contributed by atoms with Gasteiger partial charge in [-0.3, -0.25) is 10.1 Å². The van der Waals surface area contributed by atoms with E-state index in [2.05, 4.69) is 4.98 Å². The highest BCUT2D eigenvalue weighted by Gasteiger charge is 2.28. The van der Waals surface area contributed by atoms with Crippen LogP contribution in [0.5, 0.6) is 0 Å². The van der Waals surface area contributed by atoms with E-state index >= 15 is 0 Å². The summed E-state index contributed by atoms with van der Waals surface area (Å²) in [6, 6.07) is 3.07. The standard InChI is InChI=1S/C13H19N3O3/c1-10-6-7-12(16(18)19)13(14-10)15-8-4-2-3-5-11(15)9-17/h6-7,11,17H,2-5,8-9H2,1H3. The monoisotopic (exact) mass is 265 g/mol. The maximum absolute atomic E-state index is 11.1. The molecule has 2 rings (SSSR count). The zero-order valence-electron chi connectivity index (χ0n) is 11.1. The summed E-state index contributed by atoms with van der Waals surface area (Å²) in [7, 11) is 0. The third-order valence-electron chi connectivity index (χ3n) is 3.55. The summed E-state index contributed by atoms with van der Waals surface area (Å²) < 4.78 is 0. The predicted molar refractivity (Wildman–Crippen MR) is 72.3 cm³/mol. The van der Waals surface area contributed by atoms with E-state index in [-0.39, 0.29) is 18.3 Å². The highest BCUT2D eigenvalue weighted by Crippen LogP contribution is 2.30. The fraction of sp³-hybridized carbons (Fsp3) is 0.615. The topological polar surface area (TPSA) is 79.5 Å². The predicted octanol–water partition coefficient (Wildman–Crippen LogP) is 2.04. The van der Waals surface area contributed by atoms with Crippen molar-refractivity contribution in [3.63, 3.8) is 0 Å². The van der Waals surface area contributed by atoms with Crippen LogP contribution in [0.15, 0.2) is 12.1 Å². The highest BCUT2D eigenvalue weighted by atomic mass is 16.6. The van der Waals surface area contributed by atoms with Gasteiger partial charge in [-0.2, -0.15) is 0 Å². The lowest BCUT2D eigenvalue weighted by Crippen LogP contribution is -2.38. The smallest absolute Gasteiger partial charge is 0.311 e. The summed E-state index contributed by atoms with van der Waals surface area (Å²) in [5, 5.41) is 20.6. The van der Waals surface area contributed by atoms with Gasteiger partial charge in [0, 0.05) is 18.3 Å². The van der Waals surface area contributed by atoms with Gasteiger partial charge in [-0.15, -0.1) is 0 Å². The Bertz CT molecular complexity index is 464. The molecule has 0 saturated carbocycles. The highest BCUT2D eigenvalue weighted by molar-refractivity contribution is 5.59. The Balaban J connectivity index is 2.42. The minimum Gasteiger partial charge on any atom is -0.394 e. The van der Waals surface area contributed by atoms with Crippen LogP contribution in [0.3, 0.4) is 0 Å². The number of anilines is 1. The van der Waals surface area contributed by atoms with Crippen LogP contribution in [0.2, 0.25) is 0 Å². The molecule has 0 aromatic carbocycles. The number of aliphatic hydroxyl groups excluding tert-OH is 1. The first-order valence-electron chi connectivity index (χ1n) is 6.63. The van der Waals surface area contributed by atoms with Crippen molar-refractivity contribution in [3.8, 4) is 0 Å². The quantitative estimate of drug-likeness (QED) is 0.668. The van der Waals surface area contributed by atoms with Crippen LogP contribution in [0.4, 0.5) is 11.5 Å². The molecule has 0 radical (unpaired) electrons. The Morgan fingerprint density at radius 1 is 1.47 bits per heavy atom. The van der Waals surface area contributed by atoms with E-state index in [0.29, 0.717) is 12.4 Å². The van der Waals surface area contributed by atoms with E-state index in [9.17, 15) is 15.2 Å². The lowest BCUT2D eigenvalue weighted by Gasteiger charge is -2.29. The molecule has 1 aliphatic rings. The lowest BCUT2D eigenvalue weighted by atomic mass is 10.1. The summed E-state index contributed by atoms with van der Waals surface area (Å²) in [5.74, 6) is 0.394. The summed E-state index contributed by atoms with van der Waals surface area (Å²) in [4.78, 5) is 17.0. The zero-order chi connectivity index (χ0) is 13.8. The van der Waals surface area contributed by atoms with Crippen molar-refractivity contribution in [1.29, 1.82) is 0 Å². The molecule has 1 atom stereocenters. The van der Waals surface area contributed by atoms with Gasteiger partial charge in [-0.05, 0) is 25.8 Å². The molecule has 19 heavy (non-hydrogen) atoms. The van der Waals surface area contributed by atoms with Gasteiger partial charge in [-0.1, -0.05) is 12.8 Å². The van der Waals surface area contributed by atoms with Gasteiger partial charge in [0.15, 0.2) is 0 Å². The normalized spacial score (nSPS) is 20.1. The van der Waals surface area contributed by atoms with Crippen LogP contribution >= 0.6 is 0 Å². The molecule has 0 bridgehead atoms. The molecule has 1 unspecified atom stereocenters. The van der Waals surface area contributed by atoms with Crippen LogP contribution in [0, 0.1) is 17.0 Å². The second-order valence-electron chi connectivity index (χ2n) is 4.93. The van der Waals surface area contributed by atoms with E-state index in [0.717, 1.165) is 31.4 Å². The molecule has 0 spiro atoms. The molecular formula is C13H19N3O3. The van der Waals surface area contributed by atoms with E-state index in [1.807, 2.05) is 11.8 Å². The largest absolute Gasteiger partial charge is 0.394 e. The first-order chi connectivity index (χ1) is 9.13. The molecule has 0 aliphatic carbocycles. The third-order valence-corrected chi connectivity index (χ3v) is 3.55. The Morgan fingerprint density at radius 2 is 2.26 bits per heavy atom. The molecule has 1 aromatic rings. The van der Waals surface area contributed by atoms with Crippen LogP contribution in [0.25, 0.3) is 0 Å². The number of pyridine rings is 1. The van der Waals surface area contributed by atoms with Gasteiger partial charge in [-0.25, -0.2) is 4.98 Å². The van der Waals surface area contributed by atoms with E-state index in [1.54, 1.807) is 6.07 Å². The van der Waals surface area contributed by atoms with Crippen LogP contribution < -0.4 is 4.90 Å². The van der Waals surface area contributed by atoms with Gasteiger partial charge in [0.25, 0.3) is 0 Å². The molecule has 2 heterocycles. The minimum absolute atomic E-state index is 0.00672. The maximum Gasteiger partial charge on any atom is 0.311 e. The molecule has 1 N–H and O–H groups in total. The molecule has 0 amide bonds. The van der Waals surface area contributed by atoms with Gasteiger partial charge in [0.1, 0.15) is 0 Å². The van der Waals surface area contributed by atoms with Crippen LogP contribution in [0.1, 0.15) is 31.4 Å². The van der Waals surface area contributed by atoms with Crippen molar-refractivity contribution < 1.29 is 10.0 Å². The summed E-state index contributed by atoms with van der Waals surface area (Å²) in [6.07, 6.45) is 3.96. The van der Waals surface area contributed by atoms with Crippen molar-refractivity contribution in [2.45, 2.75) is 38.6 Å². The number of aryl methyl sites for hydroxylation is 1. The van der Waals surface area contributed by atoms with Crippen LogP contribution in [-0.2, 0) is 0 Å². The number of aromatic nitrogens is 1. The Labute approximate surface area is 112 Å². The SMILES string of the molecule is Cc1ccc([N+](=O)[O-])c(N2CCCCCC2CO)n1. The van der Waals surface area contributed by atoms with Gasteiger partial charge < -0.3 is 10.0 Å². The fourth-order valence-electron chi connectivity index (χ4n) is 2.54. The van der Waals surface area contributed by atoms with Crippen molar-refractivity contribution in [2.75, 3.05) is 18.1 Å². The number of aliphatic hydroxyl groups is 1. The number of nitrogens with zero attached hydrogens (tertiary/aromatic N) is 3. The average molecular weight is 265 g/mol. The molecule has 1 fully saturated rings. The van der Waals surface area contributed by atoms with Crippen molar-refractivity contribution in [3.05, 3.63) is 27.9 Å². The van der Waals surface area contributed by atoms with Gasteiger partial charge in [0.05, 0.1) is 17.6 Å². The Hall–Kier alpha value is -1.69. The van der Waals surface area contributed by atoms with Gasteiger partial charge in [0.2, 0.25) is 5.82 Å². The van der Waals surface area contributed by atoms with Crippen molar-refractivity contribution in [2.24, 2.45) is 0 Å². The number of nitro groups is 1. The van der Waals surface area contributed by atoms with Crippen molar-refractivity contribution >= 4 is 11.5 Å². The molecule has 1 aromatic heterocycles. The van der Waals surface area contributed by atoms with E-state index in [1.165, 1.54) is 6.07 Å². The summed E-state index contributed by atoms with van der Waals surface area (Å²) in [5.41, 5.74) is 0.771. The maximum atomic E-state index is 11.1. The zero-order valence-corrected chi connectivity index (χ0v) is 11.1. The van der Waals surface area contributed by atoms with Gasteiger partial charge >= 0.3 is 5.69 Å². The molecule has 6 nitrogen and oxygen atoms in total. The number of hydrogen-bond donors (Lipinski definition) is 1. The minimum atomic E-state index is -0.402. The van der Waals surface area contributed by atoms with Crippen molar-refractivity contribution in [1.82, 2.24) is 4.98 Å². The summed E-state index contributed by atoms with van der Waals surface area (Å²) in [6.45, 7) is 2.54. The first kappa shape index (κ1) is 13.7. The molecule has 104 valence electrons.